The highest BCUT2D eigenvalue weighted by atomic mass is 16.2. The van der Waals surface area contributed by atoms with Crippen LogP contribution in [0.25, 0.3) is 0 Å². The molecule has 3 rings (SSSR count). The number of benzene rings is 1. The summed E-state index contributed by atoms with van der Waals surface area (Å²) in [6.07, 6.45) is 7.09. The Bertz CT molecular complexity index is 542. The Morgan fingerprint density at radius 3 is 2.83 bits per heavy atom. The molecule has 23 heavy (non-hydrogen) atoms. The van der Waals surface area contributed by atoms with Crippen LogP contribution in [-0.4, -0.2) is 41.4 Å². The lowest BCUT2D eigenvalue weighted by atomic mass is 9.99. The molecular formula is C20H30N2O. The Kier molecular flexibility index (Phi) is 5.37. The van der Waals surface area contributed by atoms with E-state index >= 15 is 0 Å². The van der Waals surface area contributed by atoms with Crippen molar-refractivity contribution in [1.29, 1.82) is 0 Å². The summed E-state index contributed by atoms with van der Waals surface area (Å²) in [7, 11) is 0. The quantitative estimate of drug-likeness (QED) is 0.841. The van der Waals surface area contributed by atoms with Gasteiger partial charge in [-0.1, -0.05) is 36.8 Å². The van der Waals surface area contributed by atoms with E-state index in [4.69, 9.17) is 0 Å². The summed E-state index contributed by atoms with van der Waals surface area (Å²) in [6.45, 7) is 6.96. The molecule has 1 amide bonds. The SMILES string of the molecule is CC[C@@H]1CCCCN1C(=O)CN1CCC[C@H]1c1cccc(C)c1. The van der Waals surface area contributed by atoms with E-state index in [1.165, 1.54) is 43.2 Å². The number of carbonyl (C=O) groups is 1. The smallest absolute Gasteiger partial charge is 0.237 e. The van der Waals surface area contributed by atoms with E-state index in [9.17, 15) is 4.79 Å². The molecular weight excluding hydrogens is 284 g/mol. The minimum atomic E-state index is 0.344. The van der Waals surface area contributed by atoms with Crippen molar-refractivity contribution < 1.29 is 4.79 Å². The van der Waals surface area contributed by atoms with Gasteiger partial charge < -0.3 is 4.90 Å². The summed E-state index contributed by atoms with van der Waals surface area (Å²) in [5.41, 5.74) is 2.68. The molecule has 2 heterocycles. The van der Waals surface area contributed by atoms with Gasteiger partial charge in [0.05, 0.1) is 6.54 Å². The molecule has 2 fully saturated rings. The summed E-state index contributed by atoms with van der Waals surface area (Å²) < 4.78 is 0. The van der Waals surface area contributed by atoms with Crippen LogP contribution in [0, 0.1) is 6.92 Å². The van der Waals surface area contributed by atoms with Gasteiger partial charge in [-0.2, -0.15) is 0 Å². The zero-order chi connectivity index (χ0) is 16.2. The minimum absolute atomic E-state index is 0.344. The number of nitrogens with zero attached hydrogens (tertiary/aromatic N) is 2. The average molecular weight is 314 g/mol. The maximum Gasteiger partial charge on any atom is 0.237 e. The number of hydrogen-bond donors (Lipinski definition) is 0. The summed E-state index contributed by atoms with van der Waals surface area (Å²) in [6, 6.07) is 9.67. The standard InChI is InChI=1S/C20H30N2O/c1-3-18-10-4-5-13-22(18)20(23)15-21-12-7-11-19(21)17-9-6-8-16(2)14-17/h6,8-9,14,18-19H,3-5,7,10-13,15H2,1-2H3/t18-,19+/m1/s1. The first kappa shape index (κ1) is 16.5. The Morgan fingerprint density at radius 1 is 1.17 bits per heavy atom. The van der Waals surface area contributed by atoms with Crippen LogP contribution in [0.15, 0.2) is 24.3 Å². The van der Waals surface area contributed by atoms with E-state index in [0.717, 1.165) is 19.5 Å². The van der Waals surface area contributed by atoms with E-state index in [0.29, 0.717) is 24.5 Å². The van der Waals surface area contributed by atoms with Gasteiger partial charge in [-0.25, -0.2) is 0 Å². The molecule has 1 aromatic rings. The van der Waals surface area contributed by atoms with Gasteiger partial charge in [0.1, 0.15) is 0 Å². The fourth-order valence-electron chi connectivity index (χ4n) is 4.29. The highest BCUT2D eigenvalue weighted by Crippen LogP contribution is 2.32. The number of likely N-dealkylation sites (tertiary alicyclic amines) is 2. The van der Waals surface area contributed by atoms with Crippen LogP contribution in [-0.2, 0) is 4.79 Å². The maximum absolute atomic E-state index is 12.9. The summed E-state index contributed by atoms with van der Waals surface area (Å²) in [5, 5.41) is 0. The van der Waals surface area contributed by atoms with Crippen molar-refractivity contribution in [3.8, 4) is 0 Å². The van der Waals surface area contributed by atoms with Gasteiger partial charge in [-0.05, 0) is 57.6 Å². The number of carbonyl (C=O) groups excluding carboxylic acids is 1. The number of amides is 1. The van der Waals surface area contributed by atoms with Crippen LogP contribution in [0.1, 0.15) is 62.6 Å². The van der Waals surface area contributed by atoms with Gasteiger partial charge in [0.15, 0.2) is 0 Å². The molecule has 1 aromatic carbocycles. The molecule has 0 saturated carbocycles. The lowest BCUT2D eigenvalue weighted by Crippen LogP contribution is -2.47. The lowest BCUT2D eigenvalue weighted by molar-refractivity contribution is -0.136. The molecule has 0 unspecified atom stereocenters. The van der Waals surface area contributed by atoms with Crippen LogP contribution in [0.2, 0.25) is 0 Å². The van der Waals surface area contributed by atoms with Gasteiger partial charge in [0, 0.05) is 18.6 Å². The Morgan fingerprint density at radius 2 is 2.04 bits per heavy atom. The number of hydrogen-bond acceptors (Lipinski definition) is 2. The second-order valence-electron chi connectivity index (χ2n) is 7.19. The monoisotopic (exact) mass is 314 g/mol. The zero-order valence-corrected chi connectivity index (χ0v) is 14.6. The van der Waals surface area contributed by atoms with Gasteiger partial charge in [-0.3, -0.25) is 9.69 Å². The van der Waals surface area contributed by atoms with Crippen LogP contribution in [0.5, 0.6) is 0 Å². The highest BCUT2D eigenvalue weighted by molar-refractivity contribution is 5.78. The van der Waals surface area contributed by atoms with Crippen molar-refractivity contribution in [2.45, 2.75) is 64.5 Å². The maximum atomic E-state index is 12.9. The van der Waals surface area contributed by atoms with Crippen LogP contribution < -0.4 is 0 Å². The summed E-state index contributed by atoms with van der Waals surface area (Å²) >= 11 is 0. The van der Waals surface area contributed by atoms with Crippen molar-refractivity contribution >= 4 is 5.91 Å². The molecule has 126 valence electrons. The van der Waals surface area contributed by atoms with Gasteiger partial charge >= 0.3 is 0 Å². The summed E-state index contributed by atoms with van der Waals surface area (Å²) in [5.74, 6) is 0.344. The molecule has 3 heteroatoms. The molecule has 0 aliphatic carbocycles. The number of rotatable bonds is 4. The topological polar surface area (TPSA) is 23.6 Å². The van der Waals surface area contributed by atoms with E-state index in [1.807, 2.05) is 0 Å². The molecule has 0 aromatic heterocycles. The van der Waals surface area contributed by atoms with Crippen molar-refractivity contribution in [1.82, 2.24) is 9.80 Å². The van der Waals surface area contributed by atoms with Crippen LogP contribution >= 0.6 is 0 Å². The zero-order valence-electron chi connectivity index (χ0n) is 14.6. The van der Waals surface area contributed by atoms with Gasteiger partial charge in [0.2, 0.25) is 5.91 Å². The molecule has 2 atom stereocenters. The molecule has 0 bridgehead atoms. The van der Waals surface area contributed by atoms with Crippen molar-refractivity contribution in [2.75, 3.05) is 19.6 Å². The molecule has 2 saturated heterocycles. The second kappa shape index (κ2) is 7.48. The first-order valence-corrected chi connectivity index (χ1v) is 9.29. The third-order valence-corrected chi connectivity index (χ3v) is 5.55. The second-order valence-corrected chi connectivity index (χ2v) is 7.19. The third-order valence-electron chi connectivity index (χ3n) is 5.55. The molecule has 0 radical (unpaired) electrons. The number of piperidine rings is 1. The van der Waals surface area contributed by atoms with Crippen LogP contribution in [0.3, 0.4) is 0 Å². The first-order chi connectivity index (χ1) is 11.2. The Hall–Kier alpha value is -1.35. The number of aryl methyl sites for hydroxylation is 1. The Balaban J connectivity index is 1.67. The largest absolute Gasteiger partial charge is 0.339 e. The van der Waals surface area contributed by atoms with E-state index in [2.05, 4.69) is 47.9 Å². The highest BCUT2D eigenvalue weighted by Gasteiger charge is 2.31. The fourth-order valence-corrected chi connectivity index (χ4v) is 4.29. The normalized spacial score (nSPS) is 25.7. The van der Waals surface area contributed by atoms with E-state index < -0.39 is 0 Å². The lowest BCUT2D eigenvalue weighted by Gasteiger charge is -2.37. The van der Waals surface area contributed by atoms with Gasteiger partial charge in [-0.15, -0.1) is 0 Å². The molecule has 0 spiro atoms. The molecule has 2 aliphatic rings. The molecule has 0 N–H and O–H groups in total. The minimum Gasteiger partial charge on any atom is -0.339 e. The third kappa shape index (κ3) is 3.77. The van der Waals surface area contributed by atoms with E-state index in [-0.39, 0.29) is 0 Å². The first-order valence-electron chi connectivity index (χ1n) is 9.29. The molecule has 3 nitrogen and oxygen atoms in total. The predicted octanol–water partition coefficient (Wildman–Crippen LogP) is 3.92. The van der Waals surface area contributed by atoms with Crippen LogP contribution in [0.4, 0.5) is 0 Å². The Labute approximate surface area is 140 Å². The predicted molar refractivity (Wildman–Crippen MR) is 94.4 cm³/mol. The molecule has 2 aliphatic heterocycles. The van der Waals surface area contributed by atoms with Gasteiger partial charge in [0.25, 0.3) is 0 Å². The van der Waals surface area contributed by atoms with Crippen molar-refractivity contribution in [2.24, 2.45) is 0 Å². The summed E-state index contributed by atoms with van der Waals surface area (Å²) in [4.78, 5) is 17.4. The average Bonchev–Trinajstić information content (AvgIpc) is 3.03. The van der Waals surface area contributed by atoms with E-state index in [1.54, 1.807) is 0 Å². The van der Waals surface area contributed by atoms with Crippen molar-refractivity contribution in [3.63, 3.8) is 0 Å². The van der Waals surface area contributed by atoms with Crippen molar-refractivity contribution in [3.05, 3.63) is 35.4 Å². The fraction of sp³-hybridized carbons (Fsp3) is 0.650.